The number of piperidine rings is 1. The van der Waals surface area contributed by atoms with Crippen molar-refractivity contribution >= 4 is 0 Å². The molecule has 0 aliphatic carbocycles. The van der Waals surface area contributed by atoms with Crippen LogP contribution in [0.2, 0.25) is 0 Å². The summed E-state index contributed by atoms with van der Waals surface area (Å²) in [5, 5.41) is 19.8. The van der Waals surface area contributed by atoms with Crippen LogP contribution in [0.25, 0.3) is 0 Å². The molecule has 0 aromatic carbocycles. The summed E-state index contributed by atoms with van der Waals surface area (Å²) < 4.78 is 2.17. The van der Waals surface area contributed by atoms with E-state index in [-0.39, 0.29) is 0 Å². The fraction of sp³-hybridized carbons (Fsp3) is 0.722. The highest BCUT2D eigenvalue weighted by Crippen LogP contribution is 2.17. The standard InChI is InChI=1S/C18H31N7/c1-4-5-15-11-16(21-20-15)12-24(2)13-18-23-22-17(25(18)3)10-14-6-8-19-9-7-14/h11,14,19H,4-10,12-13H2,1-3H3,(H,20,21). The zero-order chi connectivity index (χ0) is 17.6. The van der Waals surface area contributed by atoms with Gasteiger partial charge in [-0.2, -0.15) is 5.10 Å². The van der Waals surface area contributed by atoms with Crippen LogP contribution in [0.5, 0.6) is 0 Å². The Bertz CT molecular complexity index is 654. The Morgan fingerprint density at radius 1 is 1.20 bits per heavy atom. The molecule has 1 saturated heterocycles. The number of H-pyrrole nitrogens is 1. The first-order chi connectivity index (χ1) is 12.2. The van der Waals surface area contributed by atoms with Gasteiger partial charge in [0.05, 0.1) is 12.2 Å². The van der Waals surface area contributed by atoms with Crippen molar-refractivity contribution < 1.29 is 0 Å². The third-order valence-corrected chi connectivity index (χ3v) is 5.03. The Morgan fingerprint density at radius 3 is 2.72 bits per heavy atom. The van der Waals surface area contributed by atoms with Crippen LogP contribution in [0.1, 0.15) is 49.2 Å². The number of aryl methyl sites for hydroxylation is 1. The smallest absolute Gasteiger partial charge is 0.146 e. The van der Waals surface area contributed by atoms with Gasteiger partial charge in [0, 0.05) is 25.7 Å². The van der Waals surface area contributed by atoms with Crippen LogP contribution < -0.4 is 5.32 Å². The molecule has 7 nitrogen and oxygen atoms in total. The van der Waals surface area contributed by atoms with Crippen molar-refractivity contribution in [3.05, 3.63) is 29.1 Å². The highest BCUT2D eigenvalue weighted by molar-refractivity contribution is 5.08. The van der Waals surface area contributed by atoms with Crippen LogP contribution in [0.3, 0.4) is 0 Å². The molecule has 3 heterocycles. The SMILES string of the molecule is CCCc1cc(CN(C)Cc2nnc(CC3CCNCC3)n2C)[nH]n1. The molecule has 0 saturated carbocycles. The van der Waals surface area contributed by atoms with Crippen molar-refractivity contribution in [1.29, 1.82) is 0 Å². The monoisotopic (exact) mass is 345 g/mol. The Morgan fingerprint density at radius 2 is 1.96 bits per heavy atom. The van der Waals surface area contributed by atoms with E-state index in [1.165, 1.54) is 12.8 Å². The molecule has 7 heteroatoms. The summed E-state index contributed by atoms with van der Waals surface area (Å²) in [6.45, 7) is 6.06. The van der Waals surface area contributed by atoms with Crippen LogP contribution >= 0.6 is 0 Å². The zero-order valence-corrected chi connectivity index (χ0v) is 15.8. The average Bonchev–Trinajstić information content (AvgIpc) is 3.18. The van der Waals surface area contributed by atoms with Crippen molar-refractivity contribution in [3.63, 3.8) is 0 Å². The first-order valence-electron chi connectivity index (χ1n) is 9.45. The quantitative estimate of drug-likeness (QED) is 0.761. The fourth-order valence-electron chi connectivity index (χ4n) is 3.52. The minimum atomic E-state index is 0.733. The first-order valence-corrected chi connectivity index (χ1v) is 9.45. The Hall–Kier alpha value is -1.73. The van der Waals surface area contributed by atoms with Crippen LogP contribution in [0.4, 0.5) is 0 Å². The highest BCUT2D eigenvalue weighted by Gasteiger charge is 2.18. The third kappa shape index (κ3) is 4.89. The van der Waals surface area contributed by atoms with Gasteiger partial charge in [-0.15, -0.1) is 10.2 Å². The lowest BCUT2D eigenvalue weighted by molar-refractivity contribution is 0.302. The van der Waals surface area contributed by atoms with Gasteiger partial charge in [-0.3, -0.25) is 10.00 Å². The summed E-state index contributed by atoms with van der Waals surface area (Å²) in [5.41, 5.74) is 2.30. The van der Waals surface area contributed by atoms with Crippen molar-refractivity contribution in [2.45, 2.75) is 52.1 Å². The Balaban J connectivity index is 1.54. The molecule has 0 bridgehead atoms. The first kappa shape index (κ1) is 18.1. The van der Waals surface area contributed by atoms with E-state index in [1.54, 1.807) is 0 Å². The molecule has 2 N–H and O–H groups in total. The largest absolute Gasteiger partial charge is 0.317 e. The number of hydrogen-bond donors (Lipinski definition) is 2. The van der Waals surface area contributed by atoms with Gasteiger partial charge in [0.2, 0.25) is 0 Å². The van der Waals surface area contributed by atoms with Gasteiger partial charge in [-0.1, -0.05) is 13.3 Å². The molecule has 0 spiro atoms. The van der Waals surface area contributed by atoms with Gasteiger partial charge in [-0.05, 0) is 51.4 Å². The minimum Gasteiger partial charge on any atom is -0.317 e. The topological polar surface area (TPSA) is 74.7 Å². The van der Waals surface area contributed by atoms with Gasteiger partial charge < -0.3 is 9.88 Å². The zero-order valence-electron chi connectivity index (χ0n) is 15.8. The number of nitrogens with one attached hydrogen (secondary N) is 2. The van der Waals surface area contributed by atoms with E-state index in [9.17, 15) is 0 Å². The predicted molar refractivity (Wildman–Crippen MR) is 98.1 cm³/mol. The van der Waals surface area contributed by atoms with Crippen LogP contribution in [-0.2, 0) is 33.0 Å². The van der Waals surface area contributed by atoms with E-state index in [2.05, 4.69) is 62.3 Å². The van der Waals surface area contributed by atoms with Gasteiger partial charge in [0.25, 0.3) is 0 Å². The minimum absolute atomic E-state index is 0.733. The number of nitrogens with zero attached hydrogens (tertiary/aromatic N) is 5. The number of rotatable bonds is 8. The normalized spacial score (nSPS) is 16.0. The third-order valence-electron chi connectivity index (χ3n) is 5.03. The van der Waals surface area contributed by atoms with Crippen LogP contribution in [-0.4, -0.2) is 50.0 Å². The van der Waals surface area contributed by atoms with Crippen molar-refractivity contribution in [2.24, 2.45) is 13.0 Å². The average molecular weight is 345 g/mol. The van der Waals surface area contributed by atoms with Gasteiger partial charge in [0.15, 0.2) is 0 Å². The fourth-order valence-corrected chi connectivity index (χ4v) is 3.52. The summed E-state index contributed by atoms with van der Waals surface area (Å²) >= 11 is 0. The molecule has 0 amide bonds. The lowest BCUT2D eigenvalue weighted by Crippen LogP contribution is -2.29. The molecule has 1 aliphatic heterocycles. The molecule has 138 valence electrons. The second kappa shape index (κ2) is 8.58. The lowest BCUT2D eigenvalue weighted by atomic mass is 9.94. The molecular formula is C18H31N7. The Kier molecular flexibility index (Phi) is 6.20. The van der Waals surface area contributed by atoms with Crippen LogP contribution in [0, 0.1) is 5.92 Å². The summed E-state index contributed by atoms with van der Waals surface area (Å²) in [5.74, 6) is 2.87. The van der Waals surface area contributed by atoms with Gasteiger partial charge >= 0.3 is 0 Å². The maximum absolute atomic E-state index is 4.44. The summed E-state index contributed by atoms with van der Waals surface area (Å²) in [6.07, 6.45) is 5.67. The van der Waals surface area contributed by atoms with E-state index in [1.807, 2.05) is 0 Å². The van der Waals surface area contributed by atoms with E-state index in [0.29, 0.717) is 0 Å². The molecule has 25 heavy (non-hydrogen) atoms. The number of aromatic nitrogens is 5. The molecule has 0 atom stereocenters. The summed E-state index contributed by atoms with van der Waals surface area (Å²) in [6, 6.07) is 2.17. The maximum atomic E-state index is 4.44. The summed E-state index contributed by atoms with van der Waals surface area (Å²) in [7, 11) is 4.20. The molecule has 2 aromatic rings. The summed E-state index contributed by atoms with van der Waals surface area (Å²) in [4.78, 5) is 2.25. The molecule has 0 radical (unpaired) electrons. The molecule has 2 aromatic heterocycles. The van der Waals surface area contributed by atoms with Crippen LogP contribution in [0.15, 0.2) is 6.07 Å². The second-order valence-electron chi connectivity index (χ2n) is 7.30. The van der Waals surface area contributed by atoms with E-state index in [4.69, 9.17) is 0 Å². The van der Waals surface area contributed by atoms with E-state index in [0.717, 1.165) is 74.4 Å². The predicted octanol–water partition coefficient (Wildman–Crippen LogP) is 1.66. The molecule has 3 rings (SSSR count). The van der Waals surface area contributed by atoms with E-state index < -0.39 is 0 Å². The van der Waals surface area contributed by atoms with E-state index >= 15 is 0 Å². The van der Waals surface area contributed by atoms with Gasteiger partial charge in [0.1, 0.15) is 11.6 Å². The molecule has 0 unspecified atom stereocenters. The second-order valence-corrected chi connectivity index (χ2v) is 7.30. The van der Waals surface area contributed by atoms with Gasteiger partial charge in [-0.25, -0.2) is 0 Å². The molecule has 1 aliphatic rings. The van der Waals surface area contributed by atoms with Crippen molar-refractivity contribution in [3.8, 4) is 0 Å². The maximum Gasteiger partial charge on any atom is 0.146 e. The lowest BCUT2D eigenvalue weighted by Gasteiger charge is -2.22. The molecular weight excluding hydrogens is 314 g/mol. The number of hydrogen-bond acceptors (Lipinski definition) is 5. The van der Waals surface area contributed by atoms with Crippen molar-refractivity contribution in [2.75, 3.05) is 20.1 Å². The highest BCUT2D eigenvalue weighted by atomic mass is 15.3. The molecule has 1 fully saturated rings. The number of aromatic amines is 1. The van der Waals surface area contributed by atoms with Crippen molar-refractivity contribution in [1.82, 2.24) is 35.2 Å². The Labute approximate surface area is 150 Å².